The van der Waals surface area contributed by atoms with E-state index < -0.39 is 0 Å². The van der Waals surface area contributed by atoms with Crippen molar-refractivity contribution in [1.82, 2.24) is 9.97 Å². The summed E-state index contributed by atoms with van der Waals surface area (Å²) in [7, 11) is 0. The highest BCUT2D eigenvalue weighted by atomic mass is 32.2. The van der Waals surface area contributed by atoms with E-state index in [4.69, 9.17) is 0 Å². The zero-order valence-corrected chi connectivity index (χ0v) is 9.97. The molecule has 15 heavy (non-hydrogen) atoms. The van der Waals surface area contributed by atoms with Crippen LogP contribution in [0.3, 0.4) is 0 Å². The smallest absolute Gasteiger partial charge is 0.239 e. The number of nitrogens with zero attached hydrogens (tertiary/aromatic N) is 2. The molecule has 0 saturated carbocycles. The van der Waals surface area contributed by atoms with Crippen LogP contribution in [0.15, 0.2) is 12.3 Å². The number of thioether (sulfide) groups is 1. The van der Waals surface area contributed by atoms with Gasteiger partial charge in [-0.05, 0) is 25.7 Å². The lowest BCUT2D eigenvalue weighted by atomic mass is 10.3. The van der Waals surface area contributed by atoms with Gasteiger partial charge in [0.05, 0.1) is 5.25 Å². The second-order valence-corrected chi connectivity index (χ2v) is 4.18. The summed E-state index contributed by atoms with van der Waals surface area (Å²) in [5.74, 6) is 0.350. The van der Waals surface area contributed by atoms with Gasteiger partial charge < -0.3 is 0 Å². The minimum Gasteiger partial charge on any atom is -0.294 e. The Balaban J connectivity index is 2.65. The average molecular weight is 225 g/mol. The number of aryl methyl sites for hydroxylation is 1. The summed E-state index contributed by atoms with van der Waals surface area (Å²) in [5.41, 5.74) is 0.845. The number of carbonyl (C=O) groups is 1. The van der Waals surface area contributed by atoms with Gasteiger partial charge in [0.25, 0.3) is 0 Å². The average Bonchev–Trinajstić information content (AvgIpc) is 2.19. The van der Waals surface area contributed by atoms with Crippen molar-refractivity contribution in [3.8, 4) is 0 Å². The van der Waals surface area contributed by atoms with Crippen LogP contribution in [0.25, 0.3) is 0 Å². The highest BCUT2D eigenvalue weighted by Crippen LogP contribution is 2.12. The van der Waals surface area contributed by atoms with Crippen molar-refractivity contribution in [2.75, 3.05) is 11.6 Å². The van der Waals surface area contributed by atoms with E-state index in [9.17, 15) is 4.79 Å². The van der Waals surface area contributed by atoms with Gasteiger partial charge >= 0.3 is 0 Å². The van der Waals surface area contributed by atoms with E-state index >= 15 is 0 Å². The molecule has 0 radical (unpaired) electrons. The number of carbonyl (C=O) groups excluding carboxylic acids is 1. The second kappa shape index (κ2) is 5.70. The van der Waals surface area contributed by atoms with Gasteiger partial charge in [0.2, 0.25) is 11.9 Å². The van der Waals surface area contributed by atoms with Gasteiger partial charge in [-0.15, -0.1) is 0 Å². The van der Waals surface area contributed by atoms with E-state index in [0.29, 0.717) is 5.95 Å². The number of amides is 1. The lowest BCUT2D eigenvalue weighted by Gasteiger charge is -2.11. The normalized spacial score (nSPS) is 12.2. The maximum Gasteiger partial charge on any atom is 0.239 e. The summed E-state index contributed by atoms with van der Waals surface area (Å²) >= 11 is 1.53. The fourth-order valence-corrected chi connectivity index (χ4v) is 1.77. The van der Waals surface area contributed by atoms with Crippen molar-refractivity contribution >= 4 is 23.6 Å². The Morgan fingerprint density at radius 1 is 1.67 bits per heavy atom. The maximum absolute atomic E-state index is 11.7. The van der Waals surface area contributed by atoms with Crippen molar-refractivity contribution < 1.29 is 4.79 Å². The Morgan fingerprint density at radius 2 is 2.40 bits per heavy atom. The van der Waals surface area contributed by atoms with Crippen LogP contribution in [0, 0.1) is 6.92 Å². The molecule has 1 N–H and O–H groups in total. The largest absolute Gasteiger partial charge is 0.294 e. The quantitative estimate of drug-likeness (QED) is 0.850. The first-order valence-corrected chi connectivity index (χ1v) is 6.09. The molecule has 1 heterocycles. The zero-order valence-electron chi connectivity index (χ0n) is 9.15. The lowest BCUT2D eigenvalue weighted by molar-refractivity contribution is -0.115. The molecule has 0 aliphatic carbocycles. The molecular weight excluding hydrogens is 210 g/mol. The molecule has 0 fully saturated rings. The number of nitrogens with one attached hydrogen (secondary N) is 1. The monoisotopic (exact) mass is 225 g/mol. The number of hydrogen-bond acceptors (Lipinski definition) is 4. The highest BCUT2D eigenvalue weighted by Gasteiger charge is 2.15. The molecule has 0 aromatic carbocycles. The predicted molar refractivity (Wildman–Crippen MR) is 63.0 cm³/mol. The lowest BCUT2D eigenvalue weighted by Crippen LogP contribution is -2.25. The van der Waals surface area contributed by atoms with E-state index in [1.165, 1.54) is 11.8 Å². The summed E-state index contributed by atoms with van der Waals surface area (Å²) in [6, 6.07) is 1.79. The van der Waals surface area contributed by atoms with Gasteiger partial charge in [-0.1, -0.05) is 6.92 Å². The highest BCUT2D eigenvalue weighted by molar-refractivity contribution is 7.99. The van der Waals surface area contributed by atoms with Gasteiger partial charge in [0, 0.05) is 11.9 Å². The zero-order chi connectivity index (χ0) is 11.3. The first-order chi connectivity index (χ1) is 7.17. The van der Waals surface area contributed by atoms with Crippen LogP contribution in [0.1, 0.15) is 19.0 Å². The first-order valence-electron chi connectivity index (χ1n) is 4.80. The Bertz CT molecular complexity index is 339. The van der Waals surface area contributed by atoms with E-state index in [2.05, 4.69) is 15.3 Å². The van der Waals surface area contributed by atoms with Gasteiger partial charge in [-0.25, -0.2) is 9.97 Å². The van der Waals surface area contributed by atoms with Crippen molar-refractivity contribution in [2.24, 2.45) is 0 Å². The van der Waals surface area contributed by atoms with Crippen molar-refractivity contribution in [3.05, 3.63) is 18.0 Å². The molecule has 0 bridgehead atoms. The molecular formula is C10H15N3OS. The fourth-order valence-electron chi connectivity index (χ4n) is 1.16. The number of rotatable bonds is 4. The van der Waals surface area contributed by atoms with Crippen LogP contribution >= 0.6 is 11.8 Å². The Hall–Kier alpha value is -1.10. The van der Waals surface area contributed by atoms with Gasteiger partial charge in [-0.3, -0.25) is 10.1 Å². The minimum atomic E-state index is -0.0332. The summed E-state index contributed by atoms with van der Waals surface area (Å²) < 4.78 is 0. The van der Waals surface area contributed by atoms with Gasteiger partial charge in [-0.2, -0.15) is 11.8 Å². The third-order valence-electron chi connectivity index (χ3n) is 1.98. The Labute approximate surface area is 93.9 Å². The topological polar surface area (TPSA) is 54.9 Å². The molecule has 1 amide bonds. The fraction of sp³-hybridized carbons (Fsp3) is 0.500. The molecule has 1 aromatic heterocycles. The molecule has 82 valence electrons. The molecule has 0 aliphatic heterocycles. The molecule has 0 saturated heterocycles. The molecule has 5 heteroatoms. The molecule has 1 rings (SSSR count). The first kappa shape index (κ1) is 12.0. The van der Waals surface area contributed by atoms with E-state index in [-0.39, 0.29) is 11.2 Å². The molecule has 0 spiro atoms. The van der Waals surface area contributed by atoms with Crippen LogP contribution in [-0.2, 0) is 4.79 Å². The summed E-state index contributed by atoms with van der Waals surface area (Å²) in [5, 5.41) is 2.67. The number of anilines is 1. The van der Waals surface area contributed by atoms with Crippen molar-refractivity contribution in [2.45, 2.75) is 25.5 Å². The van der Waals surface area contributed by atoms with Crippen molar-refractivity contribution in [3.63, 3.8) is 0 Å². The predicted octanol–water partition coefficient (Wildman–Crippen LogP) is 1.87. The third-order valence-corrected chi connectivity index (χ3v) is 3.09. The number of hydrogen-bond donors (Lipinski definition) is 1. The van der Waals surface area contributed by atoms with Crippen LogP contribution < -0.4 is 5.32 Å². The maximum atomic E-state index is 11.7. The minimum absolute atomic E-state index is 0.0319. The SMILES string of the molecule is CCC(SC)C(=O)Nc1nccc(C)n1. The molecule has 0 aliphatic rings. The van der Waals surface area contributed by atoms with E-state index in [1.54, 1.807) is 12.3 Å². The van der Waals surface area contributed by atoms with Crippen molar-refractivity contribution in [1.29, 1.82) is 0 Å². The van der Waals surface area contributed by atoms with Gasteiger partial charge in [0.15, 0.2) is 0 Å². The Morgan fingerprint density at radius 3 is 2.93 bits per heavy atom. The van der Waals surface area contributed by atoms with Crippen LogP contribution in [-0.4, -0.2) is 27.4 Å². The van der Waals surface area contributed by atoms with Gasteiger partial charge in [0.1, 0.15) is 0 Å². The van der Waals surface area contributed by atoms with E-state index in [0.717, 1.165) is 12.1 Å². The molecule has 1 atom stereocenters. The summed E-state index contributed by atoms with van der Waals surface area (Å²) in [6.07, 6.45) is 4.36. The molecule has 1 unspecified atom stereocenters. The standard InChI is InChI=1S/C10H15N3OS/c1-4-8(15-3)9(14)13-10-11-6-5-7(2)12-10/h5-6,8H,4H2,1-3H3,(H,11,12,13,14). The third kappa shape index (κ3) is 3.51. The number of aromatic nitrogens is 2. The molecule has 1 aromatic rings. The molecule has 4 nitrogen and oxygen atoms in total. The van der Waals surface area contributed by atoms with Crippen LogP contribution in [0.4, 0.5) is 5.95 Å². The van der Waals surface area contributed by atoms with Crippen LogP contribution in [0.2, 0.25) is 0 Å². The Kier molecular flexibility index (Phi) is 4.55. The second-order valence-electron chi connectivity index (χ2n) is 3.14. The van der Waals surface area contributed by atoms with E-state index in [1.807, 2.05) is 20.1 Å². The summed E-state index contributed by atoms with van der Waals surface area (Å²) in [6.45, 7) is 3.85. The van der Waals surface area contributed by atoms with Crippen LogP contribution in [0.5, 0.6) is 0 Å². The summed E-state index contributed by atoms with van der Waals surface area (Å²) in [4.78, 5) is 19.8.